The number of hydrogen-bond donors (Lipinski definition) is 2. The number of hydrogen-bond acceptors (Lipinski definition) is 2. The van der Waals surface area contributed by atoms with E-state index >= 15 is 0 Å². The molecule has 3 N–H and O–H groups in total. The van der Waals surface area contributed by atoms with Crippen molar-refractivity contribution in [3.8, 4) is 11.3 Å². The summed E-state index contributed by atoms with van der Waals surface area (Å²) < 4.78 is 2.86. The van der Waals surface area contributed by atoms with Crippen LogP contribution in [0.5, 0.6) is 0 Å². The van der Waals surface area contributed by atoms with E-state index < -0.39 is 0 Å². The molecule has 3 aromatic rings. The Morgan fingerprint density at radius 3 is 2.79 bits per heavy atom. The summed E-state index contributed by atoms with van der Waals surface area (Å²) in [5, 5.41) is 5.66. The highest BCUT2D eigenvalue weighted by Crippen LogP contribution is 2.37. The molecule has 0 amide bonds. The van der Waals surface area contributed by atoms with Gasteiger partial charge >= 0.3 is 0 Å². The fourth-order valence-electron chi connectivity index (χ4n) is 2.54. The van der Waals surface area contributed by atoms with Crippen molar-refractivity contribution >= 4 is 26.8 Å². The number of fused-ring (bicyclic) bond motifs is 1. The zero-order valence-electron chi connectivity index (χ0n) is 10.9. The smallest absolute Gasteiger partial charge is 0.0908 e. The Morgan fingerprint density at radius 1 is 1.37 bits per heavy atom. The Balaban J connectivity index is 2.36. The van der Waals surface area contributed by atoms with Crippen molar-refractivity contribution < 1.29 is 0 Å². The minimum absolute atomic E-state index is 0.426. The first kappa shape index (κ1) is 12.4. The third kappa shape index (κ3) is 1.81. The highest BCUT2D eigenvalue weighted by Gasteiger charge is 2.19. The number of rotatable bonds is 2. The quantitative estimate of drug-likeness (QED) is 0.762. The Labute approximate surface area is 119 Å². The number of nitrogens with one attached hydrogen (secondary N) is 1. The molecule has 0 saturated heterocycles. The Kier molecular flexibility index (Phi) is 2.95. The molecule has 98 valence electrons. The first-order valence-electron chi connectivity index (χ1n) is 6.12. The molecule has 0 atom stereocenters. The maximum absolute atomic E-state index is 5.72. The minimum atomic E-state index is 0.426. The summed E-state index contributed by atoms with van der Waals surface area (Å²) in [5.74, 6) is 0. The first-order valence-corrected chi connectivity index (χ1v) is 6.92. The monoisotopic (exact) mass is 318 g/mol. The van der Waals surface area contributed by atoms with E-state index in [1.165, 1.54) is 10.9 Å². The third-order valence-corrected chi connectivity index (χ3v) is 4.21. The van der Waals surface area contributed by atoms with Crippen molar-refractivity contribution in [1.29, 1.82) is 0 Å². The molecule has 0 radical (unpaired) electrons. The fraction of sp³-hybridized carbons (Fsp3) is 0.214. The summed E-state index contributed by atoms with van der Waals surface area (Å²) in [5.41, 5.74) is 11.1. The predicted octanol–water partition coefficient (Wildman–Crippen LogP) is 3.10. The number of H-pyrrole nitrogens is 1. The largest absolute Gasteiger partial charge is 0.358 e. The molecule has 0 aliphatic carbocycles. The summed E-state index contributed by atoms with van der Waals surface area (Å²) in [6.07, 6.45) is 0. The van der Waals surface area contributed by atoms with Gasteiger partial charge < -0.3 is 10.7 Å². The van der Waals surface area contributed by atoms with E-state index in [-0.39, 0.29) is 0 Å². The summed E-state index contributed by atoms with van der Waals surface area (Å²) in [7, 11) is 1.94. The lowest BCUT2D eigenvalue weighted by Crippen LogP contribution is -1.99. The van der Waals surface area contributed by atoms with E-state index in [1.54, 1.807) is 0 Å². The lowest BCUT2D eigenvalue weighted by atomic mass is 10.1. The molecule has 0 spiro atoms. The average Bonchev–Trinajstić information content (AvgIpc) is 2.86. The van der Waals surface area contributed by atoms with Crippen molar-refractivity contribution in [1.82, 2.24) is 14.8 Å². The van der Waals surface area contributed by atoms with E-state index in [0.29, 0.717) is 6.54 Å². The molecule has 0 aliphatic rings. The van der Waals surface area contributed by atoms with E-state index in [2.05, 4.69) is 45.1 Å². The number of aromatic nitrogens is 3. The number of aryl methyl sites for hydroxylation is 2. The van der Waals surface area contributed by atoms with Gasteiger partial charge in [-0.25, -0.2) is 0 Å². The summed E-state index contributed by atoms with van der Waals surface area (Å²) in [4.78, 5) is 3.41. The van der Waals surface area contributed by atoms with Crippen molar-refractivity contribution in [3.63, 3.8) is 0 Å². The molecule has 2 heterocycles. The average molecular weight is 319 g/mol. The van der Waals surface area contributed by atoms with Crippen LogP contribution in [-0.4, -0.2) is 14.8 Å². The van der Waals surface area contributed by atoms with Gasteiger partial charge in [0.1, 0.15) is 0 Å². The molecule has 2 aromatic heterocycles. The second-order valence-corrected chi connectivity index (χ2v) is 5.40. The summed E-state index contributed by atoms with van der Waals surface area (Å²) >= 11 is 3.63. The lowest BCUT2D eigenvalue weighted by Gasteiger charge is -2.03. The number of aromatic amines is 1. The zero-order chi connectivity index (χ0) is 13.6. The van der Waals surface area contributed by atoms with Gasteiger partial charge in [-0.3, -0.25) is 4.68 Å². The van der Waals surface area contributed by atoms with Gasteiger partial charge in [0.05, 0.1) is 15.9 Å². The molecule has 0 fully saturated rings. The molecule has 0 unspecified atom stereocenters. The Bertz CT molecular complexity index is 754. The second kappa shape index (κ2) is 4.51. The van der Waals surface area contributed by atoms with E-state index in [0.717, 1.165) is 27.1 Å². The Hall–Kier alpha value is -1.59. The van der Waals surface area contributed by atoms with Gasteiger partial charge in [0.15, 0.2) is 0 Å². The van der Waals surface area contributed by atoms with Gasteiger partial charge in [0.2, 0.25) is 0 Å². The molecular weight excluding hydrogens is 304 g/mol. The van der Waals surface area contributed by atoms with Gasteiger partial charge in [0.25, 0.3) is 0 Å². The van der Waals surface area contributed by atoms with E-state index in [9.17, 15) is 0 Å². The van der Waals surface area contributed by atoms with Crippen LogP contribution in [0.25, 0.3) is 22.2 Å². The van der Waals surface area contributed by atoms with Crippen LogP contribution < -0.4 is 5.73 Å². The standard InChI is InChI=1S/C14H15BrN4/c1-8-12(9-5-3-4-6-10(9)17-8)14-13(15)11(7-16)18-19(14)2/h3-6,17H,7,16H2,1-2H3. The number of nitrogens with two attached hydrogens (primary N) is 1. The lowest BCUT2D eigenvalue weighted by molar-refractivity contribution is 0.749. The first-order chi connectivity index (χ1) is 9.13. The SMILES string of the molecule is Cc1[nH]c2ccccc2c1-c1c(Br)c(CN)nn1C. The van der Waals surface area contributed by atoms with Crippen LogP contribution in [0.15, 0.2) is 28.7 Å². The number of benzene rings is 1. The Morgan fingerprint density at radius 2 is 2.11 bits per heavy atom. The van der Waals surface area contributed by atoms with E-state index in [4.69, 9.17) is 5.73 Å². The second-order valence-electron chi connectivity index (χ2n) is 4.61. The number of halogens is 1. The van der Waals surface area contributed by atoms with E-state index in [1.807, 2.05) is 23.9 Å². The molecule has 19 heavy (non-hydrogen) atoms. The molecular formula is C14H15BrN4. The normalized spacial score (nSPS) is 11.4. The van der Waals surface area contributed by atoms with Crippen molar-refractivity contribution in [2.45, 2.75) is 13.5 Å². The van der Waals surface area contributed by atoms with Gasteiger partial charge in [0, 0.05) is 35.8 Å². The minimum Gasteiger partial charge on any atom is -0.358 e. The molecule has 4 nitrogen and oxygen atoms in total. The number of para-hydroxylation sites is 1. The van der Waals surface area contributed by atoms with Gasteiger partial charge in [-0.1, -0.05) is 18.2 Å². The van der Waals surface area contributed by atoms with Crippen LogP contribution in [0, 0.1) is 6.92 Å². The molecule has 0 bridgehead atoms. The van der Waals surface area contributed by atoms with Crippen LogP contribution in [0.3, 0.4) is 0 Å². The van der Waals surface area contributed by atoms with Gasteiger partial charge in [-0.05, 0) is 28.9 Å². The summed E-state index contributed by atoms with van der Waals surface area (Å²) in [6.45, 7) is 2.51. The van der Waals surface area contributed by atoms with Crippen LogP contribution in [0.4, 0.5) is 0 Å². The van der Waals surface area contributed by atoms with Crippen LogP contribution in [0.1, 0.15) is 11.4 Å². The van der Waals surface area contributed by atoms with Crippen molar-refractivity contribution in [2.24, 2.45) is 12.8 Å². The van der Waals surface area contributed by atoms with Crippen molar-refractivity contribution in [2.75, 3.05) is 0 Å². The topological polar surface area (TPSA) is 59.6 Å². The zero-order valence-corrected chi connectivity index (χ0v) is 12.5. The third-order valence-electron chi connectivity index (χ3n) is 3.38. The van der Waals surface area contributed by atoms with Crippen LogP contribution >= 0.6 is 15.9 Å². The predicted molar refractivity (Wildman–Crippen MR) is 80.8 cm³/mol. The molecule has 1 aromatic carbocycles. The molecule has 0 saturated carbocycles. The highest BCUT2D eigenvalue weighted by atomic mass is 79.9. The van der Waals surface area contributed by atoms with Crippen LogP contribution in [0.2, 0.25) is 0 Å². The van der Waals surface area contributed by atoms with Crippen LogP contribution in [-0.2, 0) is 13.6 Å². The number of nitrogens with zero attached hydrogens (tertiary/aromatic N) is 2. The summed E-state index contributed by atoms with van der Waals surface area (Å²) in [6, 6.07) is 8.29. The maximum atomic E-state index is 5.72. The highest BCUT2D eigenvalue weighted by molar-refractivity contribution is 9.10. The molecule has 0 aliphatic heterocycles. The molecule has 3 rings (SSSR count). The maximum Gasteiger partial charge on any atom is 0.0908 e. The van der Waals surface area contributed by atoms with Crippen molar-refractivity contribution in [3.05, 3.63) is 40.1 Å². The fourth-order valence-corrected chi connectivity index (χ4v) is 3.23. The van der Waals surface area contributed by atoms with Gasteiger partial charge in [-0.15, -0.1) is 0 Å². The molecule has 5 heteroatoms. The van der Waals surface area contributed by atoms with Gasteiger partial charge in [-0.2, -0.15) is 5.10 Å².